The number of rotatable bonds is 7. The second kappa shape index (κ2) is 10.7. The molecule has 2 N–H and O–H groups in total. The SMILES string of the molecule is CCOCCNC(=NC)NCCc1ccc2c(c1)CCO2.I. The molecule has 1 heterocycles. The van der Waals surface area contributed by atoms with E-state index in [1.807, 2.05) is 6.92 Å². The largest absolute Gasteiger partial charge is 0.493 e. The molecule has 1 aliphatic rings. The molecule has 0 saturated carbocycles. The highest BCUT2D eigenvalue weighted by Crippen LogP contribution is 2.25. The van der Waals surface area contributed by atoms with Crippen LogP contribution in [0.3, 0.4) is 0 Å². The van der Waals surface area contributed by atoms with Gasteiger partial charge >= 0.3 is 0 Å². The van der Waals surface area contributed by atoms with Crippen LogP contribution < -0.4 is 15.4 Å². The fraction of sp³-hybridized carbons (Fsp3) is 0.562. The molecule has 6 heteroatoms. The molecule has 124 valence electrons. The summed E-state index contributed by atoms with van der Waals surface area (Å²) in [6, 6.07) is 6.46. The van der Waals surface area contributed by atoms with Crippen molar-refractivity contribution >= 4 is 29.9 Å². The number of nitrogens with zero attached hydrogens (tertiary/aromatic N) is 1. The minimum absolute atomic E-state index is 0. The van der Waals surface area contributed by atoms with Crippen molar-refractivity contribution < 1.29 is 9.47 Å². The maximum atomic E-state index is 5.52. The molecule has 0 bridgehead atoms. The van der Waals surface area contributed by atoms with Gasteiger partial charge < -0.3 is 20.1 Å². The molecule has 0 saturated heterocycles. The number of ether oxygens (including phenoxy) is 2. The van der Waals surface area contributed by atoms with Crippen LogP contribution in [0.1, 0.15) is 18.1 Å². The van der Waals surface area contributed by atoms with Crippen LogP contribution in [0.5, 0.6) is 5.75 Å². The van der Waals surface area contributed by atoms with Crippen molar-refractivity contribution in [2.24, 2.45) is 4.99 Å². The van der Waals surface area contributed by atoms with Crippen molar-refractivity contribution in [2.45, 2.75) is 19.8 Å². The molecule has 0 aromatic heterocycles. The molecule has 1 aliphatic heterocycles. The second-order valence-electron chi connectivity index (χ2n) is 4.91. The minimum atomic E-state index is 0. The molecule has 22 heavy (non-hydrogen) atoms. The first-order valence-corrected chi connectivity index (χ1v) is 7.60. The average molecular weight is 419 g/mol. The topological polar surface area (TPSA) is 54.9 Å². The molecule has 1 aromatic carbocycles. The van der Waals surface area contributed by atoms with Crippen molar-refractivity contribution in [3.63, 3.8) is 0 Å². The summed E-state index contributed by atoms with van der Waals surface area (Å²) in [5.74, 6) is 1.86. The van der Waals surface area contributed by atoms with Gasteiger partial charge in [-0.25, -0.2) is 0 Å². The van der Waals surface area contributed by atoms with Crippen LogP contribution in [0.2, 0.25) is 0 Å². The number of guanidine groups is 1. The van der Waals surface area contributed by atoms with Crippen molar-refractivity contribution in [3.05, 3.63) is 29.3 Å². The Morgan fingerprint density at radius 3 is 2.91 bits per heavy atom. The number of benzene rings is 1. The molecular formula is C16H26IN3O2. The third-order valence-corrected chi connectivity index (χ3v) is 3.43. The quantitative estimate of drug-likeness (QED) is 0.307. The van der Waals surface area contributed by atoms with Crippen LogP contribution in [0, 0.1) is 0 Å². The number of fused-ring (bicyclic) bond motifs is 1. The van der Waals surface area contributed by atoms with Gasteiger partial charge in [0, 0.05) is 33.2 Å². The van der Waals surface area contributed by atoms with E-state index in [4.69, 9.17) is 9.47 Å². The van der Waals surface area contributed by atoms with Gasteiger partial charge in [-0.1, -0.05) is 12.1 Å². The number of hydrogen-bond acceptors (Lipinski definition) is 3. The lowest BCUT2D eigenvalue weighted by atomic mass is 10.1. The molecular weight excluding hydrogens is 393 g/mol. The normalized spacial score (nSPS) is 13.1. The molecule has 0 aliphatic carbocycles. The zero-order chi connectivity index (χ0) is 14.9. The molecule has 5 nitrogen and oxygen atoms in total. The first kappa shape index (κ1) is 19.0. The van der Waals surface area contributed by atoms with Crippen LogP contribution >= 0.6 is 24.0 Å². The molecule has 0 amide bonds. The Morgan fingerprint density at radius 1 is 1.32 bits per heavy atom. The molecule has 0 unspecified atom stereocenters. The number of hydrogen-bond donors (Lipinski definition) is 2. The van der Waals surface area contributed by atoms with Gasteiger partial charge in [-0.2, -0.15) is 0 Å². The fourth-order valence-corrected chi connectivity index (χ4v) is 2.33. The summed E-state index contributed by atoms with van der Waals surface area (Å²) in [4.78, 5) is 4.19. The third kappa shape index (κ3) is 6.00. The Hall–Kier alpha value is -1.02. The van der Waals surface area contributed by atoms with Crippen LogP contribution in [0.4, 0.5) is 0 Å². The maximum absolute atomic E-state index is 5.52. The predicted molar refractivity (Wildman–Crippen MR) is 101 cm³/mol. The summed E-state index contributed by atoms with van der Waals surface area (Å²) in [5.41, 5.74) is 2.66. The highest BCUT2D eigenvalue weighted by molar-refractivity contribution is 14.0. The Morgan fingerprint density at radius 2 is 2.14 bits per heavy atom. The van der Waals surface area contributed by atoms with Gasteiger partial charge in [-0.15, -0.1) is 24.0 Å². The van der Waals surface area contributed by atoms with E-state index >= 15 is 0 Å². The summed E-state index contributed by atoms with van der Waals surface area (Å²) in [6.45, 7) is 5.87. The number of aliphatic imine (C=N–C) groups is 1. The van der Waals surface area contributed by atoms with Gasteiger partial charge in [0.2, 0.25) is 0 Å². The summed E-state index contributed by atoms with van der Waals surface area (Å²) >= 11 is 0. The van der Waals surface area contributed by atoms with Crippen LogP contribution in [0.15, 0.2) is 23.2 Å². The predicted octanol–water partition coefficient (Wildman–Crippen LogP) is 1.98. The van der Waals surface area contributed by atoms with Crippen LogP contribution in [0.25, 0.3) is 0 Å². The van der Waals surface area contributed by atoms with E-state index < -0.39 is 0 Å². The third-order valence-electron chi connectivity index (χ3n) is 3.43. The molecule has 0 radical (unpaired) electrons. The average Bonchev–Trinajstić information content (AvgIpc) is 2.97. The monoisotopic (exact) mass is 419 g/mol. The van der Waals surface area contributed by atoms with Crippen molar-refractivity contribution in [1.29, 1.82) is 0 Å². The van der Waals surface area contributed by atoms with E-state index in [0.717, 1.165) is 50.9 Å². The van der Waals surface area contributed by atoms with Crippen LogP contribution in [-0.2, 0) is 17.6 Å². The molecule has 2 rings (SSSR count). The summed E-state index contributed by atoms with van der Waals surface area (Å²) in [6.07, 6.45) is 2.00. The molecule has 0 fully saturated rings. The fourth-order valence-electron chi connectivity index (χ4n) is 2.33. The summed E-state index contributed by atoms with van der Waals surface area (Å²) in [5, 5.41) is 6.54. The highest BCUT2D eigenvalue weighted by atomic mass is 127. The zero-order valence-corrected chi connectivity index (χ0v) is 15.7. The Kier molecular flexibility index (Phi) is 9.22. The van der Waals surface area contributed by atoms with Gasteiger partial charge in [0.25, 0.3) is 0 Å². The van der Waals surface area contributed by atoms with Gasteiger partial charge in [0.1, 0.15) is 5.75 Å². The standard InChI is InChI=1S/C16H25N3O2.HI/c1-3-20-11-9-19-16(17-2)18-8-6-13-4-5-15-14(12-13)7-10-21-15;/h4-5,12H,3,6-11H2,1-2H3,(H2,17,18,19);1H. The van der Waals surface area contributed by atoms with Gasteiger partial charge in [-0.05, 0) is 30.5 Å². The smallest absolute Gasteiger partial charge is 0.191 e. The lowest BCUT2D eigenvalue weighted by Crippen LogP contribution is -2.39. The van der Waals surface area contributed by atoms with E-state index in [9.17, 15) is 0 Å². The first-order valence-electron chi connectivity index (χ1n) is 7.60. The lowest BCUT2D eigenvalue weighted by molar-refractivity contribution is 0.152. The van der Waals surface area contributed by atoms with E-state index in [1.54, 1.807) is 7.05 Å². The van der Waals surface area contributed by atoms with E-state index in [-0.39, 0.29) is 24.0 Å². The molecule has 0 spiro atoms. The summed E-state index contributed by atoms with van der Waals surface area (Å²) < 4.78 is 10.8. The Balaban J connectivity index is 0.00000242. The zero-order valence-electron chi connectivity index (χ0n) is 13.4. The second-order valence-corrected chi connectivity index (χ2v) is 4.91. The van der Waals surface area contributed by atoms with Gasteiger partial charge in [-0.3, -0.25) is 4.99 Å². The molecule has 0 atom stereocenters. The lowest BCUT2D eigenvalue weighted by Gasteiger charge is -2.12. The van der Waals surface area contributed by atoms with Gasteiger partial charge in [0.15, 0.2) is 5.96 Å². The van der Waals surface area contributed by atoms with Crippen molar-refractivity contribution in [1.82, 2.24) is 10.6 Å². The van der Waals surface area contributed by atoms with Crippen molar-refractivity contribution in [3.8, 4) is 5.75 Å². The van der Waals surface area contributed by atoms with E-state index in [1.165, 1.54) is 11.1 Å². The molecule has 1 aromatic rings. The van der Waals surface area contributed by atoms with Gasteiger partial charge in [0.05, 0.1) is 13.2 Å². The van der Waals surface area contributed by atoms with E-state index in [2.05, 4.69) is 33.8 Å². The Labute approximate surface area is 149 Å². The highest BCUT2D eigenvalue weighted by Gasteiger charge is 2.11. The maximum Gasteiger partial charge on any atom is 0.191 e. The van der Waals surface area contributed by atoms with E-state index in [0.29, 0.717) is 6.61 Å². The van der Waals surface area contributed by atoms with Crippen LogP contribution in [-0.4, -0.2) is 45.9 Å². The van der Waals surface area contributed by atoms with Crippen molar-refractivity contribution in [2.75, 3.05) is 40.0 Å². The Bertz CT molecular complexity index is 480. The number of nitrogens with one attached hydrogen (secondary N) is 2. The minimum Gasteiger partial charge on any atom is -0.493 e. The first-order chi connectivity index (χ1) is 10.3. The number of halogens is 1. The summed E-state index contributed by atoms with van der Waals surface area (Å²) in [7, 11) is 1.78.